The maximum atomic E-state index is 12.5. The van der Waals surface area contributed by atoms with Crippen molar-refractivity contribution in [3.63, 3.8) is 0 Å². The minimum atomic E-state index is -0.125. The lowest BCUT2D eigenvalue weighted by Gasteiger charge is -2.52. The average molecular weight is 422 g/mol. The number of ketones is 1. The van der Waals surface area contributed by atoms with Gasteiger partial charge in [-0.05, 0) is 47.1 Å². The molecule has 0 aliphatic rings. The Balaban J connectivity index is 2.41. The molecule has 2 rings (SSSR count). The van der Waals surface area contributed by atoms with Crippen LogP contribution in [-0.4, -0.2) is 23.8 Å². The van der Waals surface area contributed by atoms with Crippen molar-refractivity contribution in [3.8, 4) is 0 Å². The van der Waals surface area contributed by atoms with Crippen LogP contribution in [0.4, 0.5) is 0 Å². The average Bonchev–Trinajstić information content (AvgIpc) is 2.68. The first kappa shape index (κ1) is 25.3. The molecule has 0 N–H and O–H groups in total. The van der Waals surface area contributed by atoms with E-state index in [0.29, 0.717) is 18.3 Å². The van der Waals surface area contributed by atoms with Gasteiger partial charge in [-0.3, -0.25) is 4.90 Å². The van der Waals surface area contributed by atoms with Gasteiger partial charge in [0.2, 0.25) is 0 Å². The third-order valence-corrected chi connectivity index (χ3v) is 7.15. The number of hydrogen-bond donors (Lipinski definition) is 0. The van der Waals surface area contributed by atoms with Crippen molar-refractivity contribution in [2.75, 3.05) is 13.1 Å². The number of benzene rings is 2. The van der Waals surface area contributed by atoms with E-state index in [1.807, 2.05) is 0 Å². The standard InChI is InChI=1S/C29H43NO/c1-23(2)20-30(21-27-16-12-9-13-17-27)22-29(7,24(3)4)28(6,18-25(5)31)19-26-14-10-8-11-15-26/h8-17,23-24H,18-22H2,1-7H3. The summed E-state index contributed by atoms with van der Waals surface area (Å²) in [4.78, 5) is 15.1. The molecule has 0 aromatic heterocycles. The van der Waals surface area contributed by atoms with Gasteiger partial charge >= 0.3 is 0 Å². The fourth-order valence-corrected chi connectivity index (χ4v) is 5.14. The maximum Gasteiger partial charge on any atom is 0.130 e. The molecule has 2 atom stereocenters. The number of carbonyl (C=O) groups is 1. The number of nitrogens with zero attached hydrogens (tertiary/aromatic N) is 1. The van der Waals surface area contributed by atoms with Gasteiger partial charge in [-0.1, -0.05) is 102 Å². The summed E-state index contributed by atoms with van der Waals surface area (Å²) < 4.78 is 0. The first-order valence-corrected chi connectivity index (χ1v) is 11.9. The number of rotatable bonds is 12. The van der Waals surface area contributed by atoms with Gasteiger partial charge in [0.15, 0.2) is 0 Å². The Labute approximate surface area is 191 Å². The lowest BCUT2D eigenvalue weighted by Crippen LogP contribution is -2.51. The molecule has 2 heteroatoms. The van der Waals surface area contributed by atoms with E-state index in [1.165, 1.54) is 11.1 Å². The van der Waals surface area contributed by atoms with Crippen LogP contribution < -0.4 is 0 Å². The monoisotopic (exact) mass is 421 g/mol. The zero-order valence-electron chi connectivity index (χ0n) is 20.8. The highest BCUT2D eigenvalue weighted by Crippen LogP contribution is 2.50. The molecule has 0 amide bonds. The third-order valence-electron chi connectivity index (χ3n) is 7.15. The lowest BCUT2D eigenvalue weighted by atomic mass is 9.55. The first-order chi connectivity index (χ1) is 14.6. The van der Waals surface area contributed by atoms with Crippen LogP contribution in [0.25, 0.3) is 0 Å². The Morgan fingerprint density at radius 3 is 1.84 bits per heavy atom. The van der Waals surface area contributed by atoms with E-state index in [2.05, 4.69) is 107 Å². The van der Waals surface area contributed by atoms with E-state index < -0.39 is 0 Å². The minimum Gasteiger partial charge on any atom is -0.300 e. The van der Waals surface area contributed by atoms with Gasteiger partial charge in [0.1, 0.15) is 5.78 Å². The van der Waals surface area contributed by atoms with Crippen LogP contribution >= 0.6 is 0 Å². The summed E-state index contributed by atoms with van der Waals surface area (Å²) in [5.41, 5.74) is 2.53. The summed E-state index contributed by atoms with van der Waals surface area (Å²) in [7, 11) is 0. The van der Waals surface area contributed by atoms with Crippen LogP contribution in [0, 0.1) is 22.7 Å². The molecule has 2 aromatic carbocycles. The molecular weight excluding hydrogens is 378 g/mol. The lowest BCUT2D eigenvalue weighted by molar-refractivity contribution is -0.123. The van der Waals surface area contributed by atoms with Crippen LogP contribution in [0.15, 0.2) is 60.7 Å². The second-order valence-corrected chi connectivity index (χ2v) is 10.7. The Morgan fingerprint density at radius 1 is 0.871 bits per heavy atom. The van der Waals surface area contributed by atoms with Crippen molar-refractivity contribution in [1.82, 2.24) is 4.90 Å². The van der Waals surface area contributed by atoms with Crippen LogP contribution in [-0.2, 0) is 17.8 Å². The molecule has 2 aromatic rings. The molecule has 31 heavy (non-hydrogen) atoms. The highest BCUT2D eigenvalue weighted by Gasteiger charge is 2.48. The summed E-state index contributed by atoms with van der Waals surface area (Å²) in [5.74, 6) is 1.32. The normalized spacial score (nSPS) is 15.8. The quantitative estimate of drug-likeness (QED) is 0.366. The third kappa shape index (κ3) is 7.04. The van der Waals surface area contributed by atoms with Gasteiger partial charge in [-0.2, -0.15) is 0 Å². The molecule has 0 spiro atoms. The fraction of sp³-hybridized carbons (Fsp3) is 0.552. The maximum absolute atomic E-state index is 12.5. The van der Waals surface area contributed by atoms with Crippen LogP contribution in [0.5, 0.6) is 0 Å². The zero-order chi connectivity index (χ0) is 23.1. The summed E-state index contributed by atoms with van der Waals surface area (Å²) >= 11 is 0. The predicted molar refractivity (Wildman–Crippen MR) is 133 cm³/mol. The van der Waals surface area contributed by atoms with Crippen LogP contribution in [0.2, 0.25) is 0 Å². The predicted octanol–water partition coefficient (Wildman–Crippen LogP) is 7.04. The van der Waals surface area contributed by atoms with Crippen molar-refractivity contribution < 1.29 is 4.79 Å². The Morgan fingerprint density at radius 2 is 1.39 bits per heavy atom. The van der Waals surface area contributed by atoms with E-state index in [9.17, 15) is 4.79 Å². The molecule has 0 bridgehead atoms. The molecule has 0 saturated carbocycles. The minimum absolute atomic E-state index is 0.0157. The highest BCUT2D eigenvalue weighted by atomic mass is 16.1. The number of Topliss-reactive ketones (excluding diaryl/α,β-unsaturated/α-hetero) is 1. The van der Waals surface area contributed by atoms with Gasteiger partial charge in [0.05, 0.1) is 0 Å². The van der Waals surface area contributed by atoms with Crippen molar-refractivity contribution in [3.05, 3.63) is 71.8 Å². The van der Waals surface area contributed by atoms with Gasteiger partial charge in [0, 0.05) is 26.1 Å². The van der Waals surface area contributed by atoms with Crippen molar-refractivity contribution >= 4 is 5.78 Å². The second kappa shape index (κ2) is 11.1. The van der Waals surface area contributed by atoms with E-state index in [1.54, 1.807) is 6.92 Å². The number of hydrogen-bond acceptors (Lipinski definition) is 2. The van der Waals surface area contributed by atoms with E-state index in [4.69, 9.17) is 0 Å². The van der Waals surface area contributed by atoms with Gasteiger partial charge < -0.3 is 4.79 Å². The van der Waals surface area contributed by atoms with Crippen molar-refractivity contribution in [2.24, 2.45) is 22.7 Å². The van der Waals surface area contributed by atoms with E-state index in [-0.39, 0.29) is 16.6 Å². The smallest absolute Gasteiger partial charge is 0.130 e. The molecule has 2 unspecified atom stereocenters. The fourth-order valence-electron chi connectivity index (χ4n) is 5.14. The topological polar surface area (TPSA) is 20.3 Å². The Bertz CT molecular complexity index is 798. The molecule has 0 heterocycles. The first-order valence-electron chi connectivity index (χ1n) is 11.9. The number of carbonyl (C=O) groups excluding carboxylic acids is 1. The molecule has 170 valence electrons. The van der Waals surface area contributed by atoms with E-state index in [0.717, 1.165) is 26.1 Å². The largest absolute Gasteiger partial charge is 0.300 e. The summed E-state index contributed by atoms with van der Waals surface area (Å²) in [5, 5.41) is 0. The summed E-state index contributed by atoms with van der Waals surface area (Å²) in [6.45, 7) is 18.8. The SMILES string of the molecule is CC(=O)CC(C)(Cc1ccccc1)C(C)(CN(Cc1ccccc1)CC(C)C)C(C)C. The van der Waals surface area contributed by atoms with Gasteiger partial charge in [-0.15, -0.1) is 0 Å². The van der Waals surface area contributed by atoms with Gasteiger partial charge in [0.25, 0.3) is 0 Å². The Kier molecular flexibility index (Phi) is 9.06. The molecule has 0 aliphatic heterocycles. The van der Waals surface area contributed by atoms with E-state index >= 15 is 0 Å². The van der Waals surface area contributed by atoms with Crippen molar-refractivity contribution in [2.45, 2.75) is 67.9 Å². The summed E-state index contributed by atoms with van der Waals surface area (Å²) in [6.07, 6.45) is 1.53. The Hall–Kier alpha value is -1.93. The second-order valence-electron chi connectivity index (χ2n) is 10.7. The zero-order valence-corrected chi connectivity index (χ0v) is 20.8. The molecule has 0 fully saturated rings. The van der Waals surface area contributed by atoms with Crippen LogP contribution in [0.1, 0.15) is 66.0 Å². The molecule has 2 nitrogen and oxygen atoms in total. The molecule has 0 aliphatic carbocycles. The van der Waals surface area contributed by atoms with Crippen molar-refractivity contribution in [1.29, 1.82) is 0 Å². The molecular formula is C29H43NO. The molecule has 0 radical (unpaired) electrons. The summed E-state index contributed by atoms with van der Waals surface area (Å²) in [6, 6.07) is 21.5. The van der Waals surface area contributed by atoms with Gasteiger partial charge in [-0.25, -0.2) is 0 Å². The highest BCUT2D eigenvalue weighted by molar-refractivity contribution is 5.76. The molecule has 0 saturated heterocycles. The van der Waals surface area contributed by atoms with Crippen LogP contribution in [0.3, 0.4) is 0 Å².